The molecule has 2 aliphatic rings. The molecule has 2 aliphatic carbocycles. The maximum atomic E-state index is 8.61. The predicted molar refractivity (Wildman–Crippen MR) is 142 cm³/mol. The highest BCUT2D eigenvalue weighted by Crippen LogP contribution is 2.43. The minimum Gasteiger partial charge on any atom is -0.193 e. The molecular weight excluding hydrogens is 398 g/mol. The highest BCUT2D eigenvalue weighted by molar-refractivity contribution is 5.22. The summed E-state index contributed by atoms with van der Waals surface area (Å²) in [5.41, 5.74) is 3.06. The van der Waals surface area contributed by atoms with Crippen molar-refractivity contribution in [2.24, 2.45) is 23.7 Å². The fraction of sp³-hybridized carbons (Fsp3) is 0.719. The molecule has 0 amide bonds. The van der Waals surface area contributed by atoms with Crippen molar-refractivity contribution in [3.8, 4) is 6.07 Å². The lowest BCUT2D eigenvalue weighted by Crippen LogP contribution is -2.25. The van der Waals surface area contributed by atoms with Crippen molar-refractivity contribution in [2.45, 2.75) is 122 Å². The first-order valence-electron chi connectivity index (χ1n) is 14.4. The molecule has 182 valence electrons. The van der Waals surface area contributed by atoms with Crippen LogP contribution >= 0.6 is 0 Å². The Hall–Kier alpha value is -1.55. The van der Waals surface area contributed by atoms with Crippen LogP contribution in [-0.4, -0.2) is 0 Å². The molecule has 1 nitrogen and oxygen atoms in total. The average molecular weight is 448 g/mol. The maximum Gasteiger partial charge on any atom is 0.0908 e. The number of aryl methyl sites for hydroxylation is 2. The van der Waals surface area contributed by atoms with E-state index in [0.29, 0.717) is 0 Å². The van der Waals surface area contributed by atoms with Gasteiger partial charge >= 0.3 is 0 Å². The molecule has 3 rings (SSSR count). The third-order valence-corrected chi connectivity index (χ3v) is 8.80. The van der Waals surface area contributed by atoms with Gasteiger partial charge in [-0.3, -0.25) is 0 Å². The molecule has 0 atom stereocenters. The van der Waals surface area contributed by atoms with Crippen LogP contribution < -0.4 is 0 Å². The first kappa shape index (κ1) is 26.1. The summed E-state index contributed by atoms with van der Waals surface area (Å²) in [7, 11) is 0. The van der Waals surface area contributed by atoms with E-state index in [2.05, 4.69) is 43.3 Å². The smallest absolute Gasteiger partial charge is 0.0908 e. The van der Waals surface area contributed by atoms with E-state index in [1.54, 1.807) is 6.08 Å². The van der Waals surface area contributed by atoms with E-state index in [0.717, 1.165) is 30.1 Å². The molecule has 0 radical (unpaired) electrons. The summed E-state index contributed by atoms with van der Waals surface area (Å²) in [5, 5.41) is 8.61. The van der Waals surface area contributed by atoms with Gasteiger partial charge in [0.05, 0.1) is 6.07 Å². The van der Waals surface area contributed by atoms with Crippen molar-refractivity contribution in [2.75, 3.05) is 0 Å². The Morgan fingerprint density at radius 2 is 1.24 bits per heavy atom. The second-order valence-corrected chi connectivity index (χ2v) is 11.2. The number of nitrogens with zero attached hydrogens (tertiary/aromatic N) is 1. The molecule has 0 aliphatic heterocycles. The van der Waals surface area contributed by atoms with E-state index in [4.69, 9.17) is 5.26 Å². The molecule has 0 unspecified atom stereocenters. The van der Waals surface area contributed by atoms with Crippen molar-refractivity contribution < 1.29 is 0 Å². The Bertz CT molecular complexity index is 693. The Kier molecular flexibility index (Phi) is 12.1. The lowest BCUT2D eigenvalue weighted by molar-refractivity contribution is 0.140. The summed E-state index contributed by atoms with van der Waals surface area (Å²) in [6.07, 6.45) is 28.7. The van der Waals surface area contributed by atoms with Crippen molar-refractivity contribution >= 4 is 0 Å². The lowest BCUT2D eigenvalue weighted by atomic mass is 9.68. The van der Waals surface area contributed by atoms with Crippen LogP contribution in [0.3, 0.4) is 0 Å². The molecule has 1 aromatic rings. The van der Waals surface area contributed by atoms with Crippen molar-refractivity contribution in [1.29, 1.82) is 5.26 Å². The Morgan fingerprint density at radius 3 is 1.76 bits per heavy atom. The van der Waals surface area contributed by atoms with Gasteiger partial charge in [0, 0.05) is 6.08 Å². The Morgan fingerprint density at radius 1 is 0.727 bits per heavy atom. The molecule has 0 aromatic heterocycles. The predicted octanol–water partition coefficient (Wildman–Crippen LogP) is 9.60. The van der Waals surface area contributed by atoms with Gasteiger partial charge < -0.3 is 0 Å². The van der Waals surface area contributed by atoms with Gasteiger partial charge in [-0.15, -0.1) is 0 Å². The third-order valence-electron chi connectivity index (χ3n) is 8.80. The minimum absolute atomic E-state index is 0.915. The van der Waals surface area contributed by atoms with Gasteiger partial charge in [0.2, 0.25) is 0 Å². The van der Waals surface area contributed by atoms with Crippen molar-refractivity contribution in [1.82, 2.24) is 0 Å². The molecule has 0 bridgehead atoms. The highest BCUT2D eigenvalue weighted by Gasteiger charge is 2.30. The summed E-state index contributed by atoms with van der Waals surface area (Å²) in [4.78, 5) is 0. The van der Waals surface area contributed by atoms with E-state index in [1.807, 2.05) is 0 Å². The zero-order chi connectivity index (χ0) is 23.1. The molecule has 2 saturated carbocycles. The monoisotopic (exact) mass is 447 g/mol. The Labute approximate surface area is 205 Å². The summed E-state index contributed by atoms with van der Waals surface area (Å²) in [6.45, 7) is 2.28. The molecule has 1 aromatic carbocycles. The molecule has 2 fully saturated rings. The zero-order valence-corrected chi connectivity index (χ0v) is 21.4. The SMILES string of the molecule is CCCCCc1ccc(CCCCC2CCC(C3CCC(CCC=CC#N)CC3)CC2)cc1. The van der Waals surface area contributed by atoms with Crippen LogP contribution in [0.2, 0.25) is 0 Å². The number of benzene rings is 1. The second kappa shape index (κ2) is 15.4. The highest BCUT2D eigenvalue weighted by atomic mass is 14.4. The topological polar surface area (TPSA) is 23.8 Å². The van der Waals surface area contributed by atoms with Crippen LogP contribution in [0.4, 0.5) is 0 Å². The lowest BCUT2D eigenvalue weighted by Gasteiger charge is -2.38. The Balaban J connectivity index is 1.23. The molecule has 0 spiro atoms. The number of rotatable bonds is 13. The number of hydrogen-bond acceptors (Lipinski definition) is 1. The fourth-order valence-electron chi connectivity index (χ4n) is 6.58. The van der Waals surface area contributed by atoms with Gasteiger partial charge in [0.15, 0.2) is 0 Å². The number of hydrogen-bond donors (Lipinski definition) is 0. The average Bonchev–Trinajstić information content (AvgIpc) is 2.86. The minimum atomic E-state index is 0.915. The van der Waals surface area contributed by atoms with E-state index in [-0.39, 0.29) is 0 Å². The summed E-state index contributed by atoms with van der Waals surface area (Å²) in [5.74, 6) is 3.96. The second-order valence-electron chi connectivity index (χ2n) is 11.2. The first-order valence-corrected chi connectivity index (χ1v) is 14.4. The van der Waals surface area contributed by atoms with Gasteiger partial charge in [-0.25, -0.2) is 0 Å². The summed E-state index contributed by atoms with van der Waals surface area (Å²) < 4.78 is 0. The molecular formula is C32H49N. The standard InChI is InChI=1S/C32H49N/c1-2-3-5-10-27-14-16-28(17-15-27)12-7-8-13-30-20-24-32(25-21-30)31-22-18-29(19-23-31)11-6-4-9-26-33/h4,9,14-17,29-32H,2-3,5-8,10-13,18-25H2,1H3. The van der Waals surface area contributed by atoms with Crippen LogP contribution in [0.5, 0.6) is 0 Å². The van der Waals surface area contributed by atoms with Gasteiger partial charge in [-0.05, 0) is 99.0 Å². The van der Waals surface area contributed by atoms with E-state index in [9.17, 15) is 0 Å². The normalized spacial score (nSPS) is 25.8. The number of nitriles is 1. The van der Waals surface area contributed by atoms with Gasteiger partial charge in [0.1, 0.15) is 0 Å². The quantitative estimate of drug-likeness (QED) is 0.218. The summed E-state index contributed by atoms with van der Waals surface area (Å²) in [6, 6.07) is 11.6. The number of allylic oxidation sites excluding steroid dienone is 2. The summed E-state index contributed by atoms with van der Waals surface area (Å²) >= 11 is 0. The first-order chi connectivity index (χ1) is 16.3. The van der Waals surface area contributed by atoms with Gasteiger partial charge in [0.25, 0.3) is 0 Å². The van der Waals surface area contributed by atoms with Crippen molar-refractivity contribution in [3.63, 3.8) is 0 Å². The largest absolute Gasteiger partial charge is 0.193 e. The van der Waals surface area contributed by atoms with Crippen LogP contribution in [0.1, 0.15) is 121 Å². The fourth-order valence-corrected chi connectivity index (χ4v) is 6.58. The van der Waals surface area contributed by atoms with Gasteiger partial charge in [-0.1, -0.05) is 88.6 Å². The maximum absolute atomic E-state index is 8.61. The van der Waals surface area contributed by atoms with Crippen LogP contribution in [-0.2, 0) is 12.8 Å². The molecule has 0 heterocycles. The van der Waals surface area contributed by atoms with Gasteiger partial charge in [-0.2, -0.15) is 5.26 Å². The van der Waals surface area contributed by atoms with E-state index in [1.165, 1.54) is 120 Å². The zero-order valence-electron chi connectivity index (χ0n) is 21.4. The number of unbranched alkanes of at least 4 members (excludes halogenated alkanes) is 3. The molecule has 0 N–H and O–H groups in total. The molecule has 1 heteroatoms. The van der Waals surface area contributed by atoms with Crippen molar-refractivity contribution in [3.05, 3.63) is 47.5 Å². The third kappa shape index (κ3) is 9.68. The molecule has 0 saturated heterocycles. The van der Waals surface area contributed by atoms with Crippen LogP contribution in [0.15, 0.2) is 36.4 Å². The molecule has 33 heavy (non-hydrogen) atoms. The van der Waals surface area contributed by atoms with E-state index < -0.39 is 0 Å². The van der Waals surface area contributed by atoms with Crippen LogP contribution in [0, 0.1) is 35.0 Å². The van der Waals surface area contributed by atoms with E-state index >= 15 is 0 Å². The van der Waals surface area contributed by atoms with Crippen LogP contribution in [0.25, 0.3) is 0 Å².